The molecule has 2 aromatic carbocycles. The average Bonchev–Trinajstić information content (AvgIpc) is 2.57. The number of hydrogen-bond donors (Lipinski definition) is 1. The SMILES string of the molecule is CC[C@H](C)Oc1ccc(/C=N/Nc2ccc(C(F)(F)F)cc2)cc1Cl. The first-order valence-electron chi connectivity index (χ1n) is 7.72. The van der Waals surface area contributed by atoms with Crippen molar-refractivity contribution in [2.75, 3.05) is 5.43 Å². The van der Waals surface area contributed by atoms with E-state index in [0.29, 0.717) is 16.5 Å². The van der Waals surface area contributed by atoms with Gasteiger partial charge in [-0.05, 0) is 61.4 Å². The summed E-state index contributed by atoms with van der Waals surface area (Å²) in [5, 5.41) is 4.47. The molecule has 7 heteroatoms. The van der Waals surface area contributed by atoms with Crippen LogP contribution < -0.4 is 10.2 Å². The smallest absolute Gasteiger partial charge is 0.416 e. The van der Waals surface area contributed by atoms with Gasteiger partial charge in [0, 0.05) is 0 Å². The minimum Gasteiger partial charge on any atom is -0.489 e. The zero-order chi connectivity index (χ0) is 18.4. The summed E-state index contributed by atoms with van der Waals surface area (Å²) in [6.07, 6.45) is -1.89. The van der Waals surface area contributed by atoms with Crippen molar-refractivity contribution in [3.05, 3.63) is 58.6 Å². The van der Waals surface area contributed by atoms with E-state index < -0.39 is 11.7 Å². The molecule has 1 atom stereocenters. The van der Waals surface area contributed by atoms with Crippen molar-refractivity contribution in [3.63, 3.8) is 0 Å². The number of alkyl halides is 3. The Hall–Kier alpha value is -2.21. The number of benzene rings is 2. The monoisotopic (exact) mass is 370 g/mol. The van der Waals surface area contributed by atoms with Crippen molar-refractivity contribution < 1.29 is 17.9 Å². The molecule has 0 radical (unpaired) electrons. The van der Waals surface area contributed by atoms with E-state index in [1.165, 1.54) is 18.3 Å². The van der Waals surface area contributed by atoms with Crippen LogP contribution in [0.4, 0.5) is 18.9 Å². The van der Waals surface area contributed by atoms with Crippen molar-refractivity contribution in [2.45, 2.75) is 32.5 Å². The molecule has 0 saturated carbocycles. The number of hydrazone groups is 1. The molecule has 0 fully saturated rings. The van der Waals surface area contributed by atoms with Crippen LogP contribution in [0.25, 0.3) is 0 Å². The number of ether oxygens (including phenoxy) is 1. The molecule has 3 nitrogen and oxygen atoms in total. The van der Waals surface area contributed by atoms with Crippen LogP contribution in [-0.2, 0) is 6.18 Å². The van der Waals surface area contributed by atoms with Crippen molar-refractivity contribution in [1.82, 2.24) is 0 Å². The molecule has 1 N–H and O–H groups in total. The highest BCUT2D eigenvalue weighted by Crippen LogP contribution is 2.30. The summed E-state index contributed by atoms with van der Waals surface area (Å²) in [7, 11) is 0. The van der Waals surface area contributed by atoms with Crippen LogP contribution in [0.3, 0.4) is 0 Å². The summed E-state index contributed by atoms with van der Waals surface area (Å²) in [6.45, 7) is 3.98. The van der Waals surface area contributed by atoms with Gasteiger partial charge in [-0.1, -0.05) is 18.5 Å². The third-order valence-corrected chi connectivity index (χ3v) is 3.77. The van der Waals surface area contributed by atoms with E-state index in [4.69, 9.17) is 16.3 Å². The fraction of sp³-hybridized carbons (Fsp3) is 0.278. The van der Waals surface area contributed by atoms with E-state index in [0.717, 1.165) is 24.1 Å². The van der Waals surface area contributed by atoms with E-state index in [-0.39, 0.29) is 6.10 Å². The lowest BCUT2D eigenvalue weighted by molar-refractivity contribution is -0.137. The van der Waals surface area contributed by atoms with Crippen molar-refractivity contribution in [3.8, 4) is 5.75 Å². The van der Waals surface area contributed by atoms with Gasteiger partial charge < -0.3 is 4.74 Å². The second kappa shape index (κ2) is 8.25. The Bertz CT molecular complexity index is 730. The molecular weight excluding hydrogens is 353 g/mol. The van der Waals surface area contributed by atoms with Crippen LogP contribution in [0, 0.1) is 0 Å². The topological polar surface area (TPSA) is 33.6 Å². The Labute approximate surface area is 149 Å². The molecule has 0 spiro atoms. The predicted molar refractivity (Wildman–Crippen MR) is 94.5 cm³/mol. The normalized spacial score (nSPS) is 13.0. The zero-order valence-corrected chi connectivity index (χ0v) is 14.5. The Balaban J connectivity index is 1.99. The van der Waals surface area contributed by atoms with Crippen molar-refractivity contribution in [2.24, 2.45) is 5.10 Å². The Kier molecular flexibility index (Phi) is 6.31. The summed E-state index contributed by atoms with van der Waals surface area (Å²) in [4.78, 5) is 0. The van der Waals surface area contributed by atoms with Gasteiger partial charge in [-0.2, -0.15) is 18.3 Å². The largest absolute Gasteiger partial charge is 0.489 e. The predicted octanol–water partition coefficient (Wildman–Crippen LogP) is 5.98. The molecule has 2 aromatic rings. The summed E-state index contributed by atoms with van der Waals surface area (Å²) >= 11 is 6.17. The quantitative estimate of drug-likeness (QED) is 0.501. The number of nitrogens with zero attached hydrogens (tertiary/aromatic N) is 1. The standard InChI is InChI=1S/C18H18ClF3N2O/c1-3-12(2)25-17-9-4-13(10-16(17)19)11-23-24-15-7-5-14(6-8-15)18(20,21)22/h4-12,24H,3H2,1-2H3/b23-11+/t12-/m0/s1. The lowest BCUT2D eigenvalue weighted by Crippen LogP contribution is -2.10. The van der Waals surface area contributed by atoms with Gasteiger partial charge in [-0.3, -0.25) is 5.43 Å². The molecule has 0 unspecified atom stereocenters. The maximum Gasteiger partial charge on any atom is 0.416 e. The fourth-order valence-electron chi connectivity index (χ4n) is 1.91. The van der Waals surface area contributed by atoms with E-state index in [2.05, 4.69) is 10.5 Å². The third kappa shape index (κ3) is 5.67. The molecular formula is C18H18ClF3N2O. The highest BCUT2D eigenvalue weighted by Gasteiger charge is 2.29. The first kappa shape index (κ1) is 19.1. The Morgan fingerprint density at radius 3 is 2.44 bits per heavy atom. The van der Waals surface area contributed by atoms with Gasteiger partial charge >= 0.3 is 6.18 Å². The highest BCUT2D eigenvalue weighted by atomic mass is 35.5. The molecule has 0 aliphatic carbocycles. The van der Waals surface area contributed by atoms with Gasteiger partial charge in [0.25, 0.3) is 0 Å². The highest BCUT2D eigenvalue weighted by molar-refractivity contribution is 6.32. The molecule has 0 bridgehead atoms. The third-order valence-electron chi connectivity index (χ3n) is 3.48. The van der Waals surface area contributed by atoms with Crippen LogP contribution in [0.2, 0.25) is 5.02 Å². The summed E-state index contributed by atoms with van der Waals surface area (Å²) in [5.41, 5.74) is 3.16. The summed E-state index contributed by atoms with van der Waals surface area (Å²) in [5.74, 6) is 0.601. The van der Waals surface area contributed by atoms with Crippen LogP contribution in [0.5, 0.6) is 5.75 Å². The van der Waals surface area contributed by atoms with Crippen LogP contribution in [0.15, 0.2) is 47.6 Å². The second-order valence-electron chi connectivity index (χ2n) is 5.47. The molecule has 25 heavy (non-hydrogen) atoms. The molecule has 134 valence electrons. The number of rotatable bonds is 6. The van der Waals surface area contributed by atoms with Gasteiger partial charge in [0.15, 0.2) is 0 Å². The molecule has 0 aromatic heterocycles. The lowest BCUT2D eigenvalue weighted by atomic mass is 10.2. The number of hydrogen-bond acceptors (Lipinski definition) is 3. The minimum absolute atomic E-state index is 0.0679. The van der Waals surface area contributed by atoms with E-state index >= 15 is 0 Å². The Morgan fingerprint density at radius 1 is 1.20 bits per heavy atom. The number of halogens is 4. The first-order chi connectivity index (χ1) is 11.8. The summed E-state index contributed by atoms with van der Waals surface area (Å²) < 4.78 is 43.2. The molecule has 0 aliphatic rings. The molecule has 2 rings (SSSR count). The number of anilines is 1. The van der Waals surface area contributed by atoms with Gasteiger partial charge in [-0.15, -0.1) is 0 Å². The molecule has 0 amide bonds. The van der Waals surface area contributed by atoms with Crippen molar-refractivity contribution in [1.29, 1.82) is 0 Å². The first-order valence-corrected chi connectivity index (χ1v) is 8.10. The second-order valence-corrected chi connectivity index (χ2v) is 5.88. The van der Waals surface area contributed by atoms with E-state index in [1.807, 2.05) is 13.8 Å². The van der Waals surface area contributed by atoms with Gasteiger partial charge in [0.1, 0.15) is 5.75 Å². The van der Waals surface area contributed by atoms with Crippen LogP contribution in [0.1, 0.15) is 31.4 Å². The fourth-order valence-corrected chi connectivity index (χ4v) is 2.14. The number of nitrogens with one attached hydrogen (secondary N) is 1. The maximum atomic E-state index is 12.5. The summed E-state index contributed by atoms with van der Waals surface area (Å²) in [6, 6.07) is 9.88. The van der Waals surface area contributed by atoms with E-state index in [1.54, 1.807) is 18.2 Å². The minimum atomic E-state index is -4.35. The van der Waals surface area contributed by atoms with Crippen LogP contribution in [-0.4, -0.2) is 12.3 Å². The average molecular weight is 371 g/mol. The van der Waals surface area contributed by atoms with Crippen molar-refractivity contribution >= 4 is 23.5 Å². The maximum absolute atomic E-state index is 12.5. The van der Waals surface area contributed by atoms with Gasteiger partial charge in [0.05, 0.1) is 28.6 Å². The molecule has 0 heterocycles. The van der Waals surface area contributed by atoms with E-state index in [9.17, 15) is 13.2 Å². The van der Waals surface area contributed by atoms with Crippen LogP contribution >= 0.6 is 11.6 Å². The Morgan fingerprint density at radius 2 is 1.88 bits per heavy atom. The van der Waals surface area contributed by atoms with Gasteiger partial charge in [-0.25, -0.2) is 0 Å². The molecule has 0 aliphatic heterocycles. The lowest BCUT2D eigenvalue weighted by Gasteiger charge is -2.13. The van der Waals surface area contributed by atoms with Gasteiger partial charge in [0.2, 0.25) is 0 Å². The zero-order valence-electron chi connectivity index (χ0n) is 13.8. The molecule has 0 saturated heterocycles.